The summed E-state index contributed by atoms with van der Waals surface area (Å²) in [5, 5.41) is 0. The summed E-state index contributed by atoms with van der Waals surface area (Å²) in [6, 6.07) is 11.2. The molecule has 0 radical (unpaired) electrons. The zero-order chi connectivity index (χ0) is 13.7. The first-order valence-corrected chi connectivity index (χ1v) is 7.30. The van der Waals surface area contributed by atoms with Crippen molar-refractivity contribution in [1.82, 2.24) is 4.90 Å². The summed E-state index contributed by atoms with van der Waals surface area (Å²) in [7, 11) is 0. The molecule has 0 amide bonds. The van der Waals surface area contributed by atoms with Crippen molar-refractivity contribution in [3.63, 3.8) is 0 Å². The fourth-order valence-corrected chi connectivity index (χ4v) is 2.88. The van der Waals surface area contributed by atoms with Crippen LogP contribution in [-0.2, 0) is 4.74 Å². The van der Waals surface area contributed by atoms with Gasteiger partial charge in [0.25, 0.3) is 0 Å². The van der Waals surface area contributed by atoms with E-state index in [4.69, 9.17) is 22.7 Å². The fraction of sp³-hybridized carbons (Fsp3) is 0.533. The minimum Gasteiger partial charge on any atom is -0.393 e. The van der Waals surface area contributed by atoms with Crippen LogP contribution in [0.5, 0.6) is 0 Å². The van der Waals surface area contributed by atoms with Gasteiger partial charge in [-0.3, -0.25) is 4.90 Å². The van der Waals surface area contributed by atoms with Gasteiger partial charge in [0.2, 0.25) is 0 Å². The van der Waals surface area contributed by atoms with Gasteiger partial charge < -0.3 is 10.5 Å². The van der Waals surface area contributed by atoms with Crippen molar-refractivity contribution in [2.75, 3.05) is 19.8 Å². The van der Waals surface area contributed by atoms with Gasteiger partial charge in [-0.05, 0) is 12.0 Å². The lowest BCUT2D eigenvalue weighted by Crippen LogP contribution is -2.47. The summed E-state index contributed by atoms with van der Waals surface area (Å²) < 4.78 is 5.59. The number of ether oxygens (including phenoxy) is 1. The van der Waals surface area contributed by atoms with Crippen LogP contribution in [-0.4, -0.2) is 35.7 Å². The third kappa shape index (κ3) is 3.75. The van der Waals surface area contributed by atoms with E-state index in [1.165, 1.54) is 5.56 Å². The number of nitrogens with two attached hydrogens (primary N) is 1. The maximum absolute atomic E-state index is 5.80. The zero-order valence-electron chi connectivity index (χ0n) is 11.4. The van der Waals surface area contributed by atoms with Crippen LogP contribution in [0.4, 0.5) is 0 Å². The average molecular weight is 278 g/mol. The van der Waals surface area contributed by atoms with Gasteiger partial charge in [0.05, 0.1) is 18.2 Å². The first-order chi connectivity index (χ1) is 9.22. The van der Waals surface area contributed by atoms with Crippen LogP contribution in [0, 0.1) is 0 Å². The highest BCUT2D eigenvalue weighted by molar-refractivity contribution is 7.80. The maximum Gasteiger partial charge on any atom is 0.0746 e. The normalized spacial score (nSPS) is 22.1. The largest absolute Gasteiger partial charge is 0.393 e. The molecule has 19 heavy (non-hydrogen) atoms. The minimum atomic E-state index is 0.271. The third-order valence-corrected chi connectivity index (χ3v) is 3.89. The molecule has 1 fully saturated rings. The lowest BCUT2D eigenvalue weighted by molar-refractivity contribution is -0.0294. The lowest BCUT2D eigenvalue weighted by Gasteiger charge is -2.41. The van der Waals surface area contributed by atoms with Crippen LogP contribution in [0.2, 0.25) is 0 Å². The summed E-state index contributed by atoms with van der Waals surface area (Å²) in [4.78, 5) is 3.08. The molecule has 1 aromatic rings. The highest BCUT2D eigenvalue weighted by Crippen LogP contribution is 2.28. The second kappa shape index (κ2) is 6.98. The minimum absolute atomic E-state index is 0.271. The Hall–Kier alpha value is -0.970. The van der Waals surface area contributed by atoms with Crippen molar-refractivity contribution in [3.05, 3.63) is 35.9 Å². The van der Waals surface area contributed by atoms with Gasteiger partial charge in [-0.15, -0.1) is 0 Å². The van der Waals surface area contributed by atoms with Crippen LogP contribution in [0.3, 0.4) is 0 Å². The van der Waals surface area contributed by atoms with Gasteiger partial charge in [-0.25, -0.2) is 0 Å². The molecule has 104 valence electrons. The third-order valence-electron chi connectivity index (χ3n) is 3.72. The van der Waals surface area contributed by atoms with E-state index in [-0.39, 0.29) is 6.04 Å². The molecule has 0 aromatic heterocycles. The van der Waals surface area contributed by atoms with Gasteiger partial charge in [0.1, 0.15) is 0 Å². The van der Waals surface area contributed by atoms with E-state index >= 15 is 0 Å². The molecule has 3 nitrogen and oxygen atoms in total. The van der Waals surface area contributed by atoms with Crippen molar-refractivity contribution >= 4 is 17.2 Å². The molecule has 0 saturated carbocycles. The Balaban J connectivity index is 2.23. The number of nitrogens with zero attached hydrogens (tertiary/aromatic N) is 1. The van der Waals surface area contributed by atoms with E-state index in [0.717, 1.165) is 32.6 Å². The standard InChI is InChI=1S/C15H22N2OS/c1-2-13-11-18-9-8-17(13)14(10-15(16)19)12-6-4-3-5-7-12/h3-7,13-14H,2,8-11H2,1H3,(H2,16,19). The van der Waals surface area contributed by atoms with E-state index < -0.39 is 0 Å². The van der Waals surface area contributed by atoms with Crippen molar-refractivity contribution in [2.45, 2.75) is 31.8 Å². The summed E-state index contributed by atoms with van der Waals surface area (Å²) in [5.74, 6) is 0. The number of thiocarbonyl (C=S) groups is 1. The van der Waals surface area contributed by atoms with E-state index in [2.05, 4.69) is 36.1 Å². The van der Waals surface area contributed by atoms with Gasteiger partial charge in [0.15, 0.2) is 0 Å². The Labute approximate surface area is 120 Å². The van der Waals surface area contributed by atoms with E-state index in [0.29, 0.717) is 11.0 Å². The van der Waals surface area contributed by atoms with Gasteiger partial charge in [0, 0.05) is 25.0 Å². The second-order valence-corrected chi connectivity index (χ2v) is 5.50. The smallest absolute Gasteiger partial charge is 0.0746 e. The van der Waals surface area contributed by atoms with Crippen molar-refractivity contribution in [2.24, 2.45) is 5.73 Å². The summed E-state index contributed by atoms with van der Waals surface area (Å²) in [6.45, 7) is 4.74. The summed E-state index contributed by atoms with van der Waals surface area (Å²) in [6.07, 6.45) is 1.82. The maximum atomic E-state index is 5.80. The Morgan fingerprint density at radius 2 is 2.21 bits per heavy atom. The van der Waals surface area contributed by atoms with Crippen LogP contribution < -0.4 is 5.73 Å². The Morgan fingerprint density at radius 1 is 1.47 bits per heavy atom. The number of hydrogen-bond acceptors (Lipinski definition) is 3. The van der Waals surface area contributed by atoms with Crippen molar-refractivity contribution in [3.8, 4) is 0 Å². The molecule has 4 heteroatoms. The molecule has 2 unspecified atom stereocenters. The molecule has 0 aliphatic carbocycles. The SMILES string of the molecule is CCC1COCCN1C(CC(N)=S)c1ccccc1. The molecular weight excluding hydrogens is 256 g/mol. The molecule has 2 atom stereocenters. The Kier molecular flexibility index (Phi) is 5.31. The number of hydrogen-bond donors (Lipinski definition) is 1. The molecule has 0 bridgehead atoms. The molecule has 1 aromatic carbocycles. The monoisotopic (exact) mass is 278 g/mol. The van der Waals surface area contributed by atoms with Crippen molar-refractivity contribution < 1.29 is 4.74 Å². The topological polar surface area (TPSA) is 38.5 Å². The first-order valence-electron chi connectivity index (χ1n) is 6.89. The van der Waals surface area contributed by atoms with Crippen LogP contribution in [0.25, 0.3) is 0 Å². The summed E-state index contributed by atoms with van der Waals surface area (Å²) in [5.41, 5.74) is 7.09. The molecule has 1 heterocycles. The highest BCUT2D eigenvalue weighted by Gasteiger charge is 2.29. The quantitative estimate of drug-likeness (QED) is 0.840. The van der Waals surface area contributed by atoms with Crippen LogP contribution >= 0.6 is 12.2 Å². The Bertz CT molecular complexity index is 410. The predicted octanol–water partition coefficient (Wildman–Crippen LogP) is 2.51. The zero-order valence-corrected chi connectivity index (χ0v) is 12.2. The van der Waals surface area contributed by atoms with Crippen LogP contribution in [0.15, 0.2) is 30.3 Å². The number of benzene rings is 1. The molecule has 1 aliphatic rings. The van der Waals surface area contributed by atoms with Gasteiger partial charge >= 0.3 is 0 Å². The van der Waals surface area contributed by atoms with E-state index in [9.17, 15) is 0 Å². The summed E-state index contributed by atoms with van der Waals surface area (Å²) >= 11 is 5.14. The Morgan fingerprint density at radius 3 is 2.84 bits per heavy atom. The molecule has 0 spiro atoms. The molecular formula is C15H22N2OS. The molecule has 2 N–H and O–H groups in total. The van der Waals surface area contributed by atoms with Gasteiger partial charge in [-0.2, -0.15) is 0 Å². The highest BCUT2D eigenvalue weighted by atomic mass is 32.1. The van der Waals surface area contributed by atoms with Gasteiger partial charge in [-0.1, -0.05) is 49.5 Å². The molecule has 1 saturated heterocycles. The van der Waals surface area contributed by atoms with E-state index in [1.807, 2.05) is 6.07 Å². The first kappa shape index (κ1) is 14.4. The average Bonchev–Trinajstić information content (AvgIpc) is 2.45. The lowest BCUT2D eigenvalue weighted by atomic mass is 9.98. The number of rotatable bonds is 5. The predicted molar refractivity (Wildman–Crippen MR) is 82.2 cm³/mol. The van der Waals surface area contributed by atoms with Crippen LogP contribution in [0.1, 0.15) is 31.4 Å². The second-order valence-electron chi connectivity index (χ2n) is 4.97. The van der Waals surface area contributed by atoms with E-state index in [1.54, 1.807) is 0 Å². The molecule has 1 aliphatic heterocycles. The fourth-order valence-electron chi connectivity index (χ4n) is 2.72. The van der Waals surface area contributed by atoms with Crippen molar-refractivity contribution in [1.29, 1.82) is 0 Å². The molecule has 2 rings (SSSR count). The number of morpholine rings is 1.